The van der Waals surface area contributed by atoms with Crippen molar-refractivity contribution < 1.29 is 0 Å². The van der Waals surface area contributed by atoms with Crippen molar-refractivity contribution in [2.75, 3.05) is 0 Å². The van der Waals surface area contributed by atoms with Crippen molar-refractivity contribution in [3.8, 4) is 45.8 Å². The smallest absolute Gasteiger partial charge is 0.101 e. The molecule has 2 heterocycles. The standard InChI is InChI=1S/C44H26N4/c45-27-29-23-24-43(48-41-21-7-3-16-35(41)36-17-4-8-22-42(36)48)39(25-29)34-15-2-1-14-33(34)30-11-9-13-32(26-30)47-40-20-6-5-18-37(40)38-19-10-12-31(28-46)44(38)47/h1-26H. The predicted molar refractivity (Wildman–Crippen MR) is 195 cm³/mol. The van der Waals surface area contributed by atoms with Crippen LogP contribution in [-0.2, 0) is 0 Å². The van der Waals surface area contributed by atoms with Gasteiger partial charge in [-0.3, -0.25) is 0 Å². The summed E-state index contributed by atoms with van der Waals surface area (Å²) in [6, 6.07) is 58.9. The predicted octanol–water partition coefficient (Wildman–Crippen LogP) is 11.0. The Hall–Kier alpha value is -6.88. The van der Waals surface area contributed by atoms with Gasteiger partial charge in [-0.25, -0.2) is 0 Å². The quantitative estimate of drug-likeness (QED) is 0.199. The maximum Gasteiger partial charge on any atom is 0.101 e. The Bertz CT molecular complexity index is 2760. The number of fused-ring (bicyclic) bond motifs is 6. The van der Waals surface area contributed by atoms with Crippen molar-refractivity contribution in [1.82, 2.24) is 9.13 Å². The van der Waals surface area contributed by atoms with Gasteiger partial charge < -0.3 is 9.13 Å². The first-order chi connectivity index (χ1) is 23.7. The Balaban J connectivity index is 1.30. The molecule has 0 saturated heterocycles. The van der Waals surface area contributed by atoms with Crippen LogP contribution in [0.15, 0.2) is 158 Å². The summed E-state index contributed by atoms with van der Waals surface area (Å²) in [5.41, 5.74) is 11.5. The van der Waals surface area contributed by atoms with Gasteiger partial charge in [0.15, 0.2) is 0 Å². The fourth-order valence-corrected chi connectivity index (χ4v) is 7.36. The van der Waals surface area contributed by atoms with Crippen LogP contribution in [0, 0.1) is 22.7 Å². The molecule has 7 aromatic carbocycles. The third-order valence-corrected chi connectivity index (χ3v) is 9.39. The highest BCUT2D eigenvalue weighted by molar-refractivity contribution is 6.11. The molecule has 0 N–H and O–H groups in total. The van der Waals surface area contributed by atoms with E-state index in [0.717, 1.165) is 66.5 Å². The van der Waals surface area contributed by atoms with Crippen LogP contribution in [0.5, 0.6) is 0 Å². The Morgan fingerprint density at radius 1 is 0.417 bits per heavy atom. The van der Waals surface area contributed by atoms with Crippen LogP contribution in [0.2, 0.25) is 0 Å². The number of aromatic nitrogens is 2. The second-order valence-electron chi connectivity index (χ2n) is 12.0. The molecule has 4 heteroatoms. The van der Waals surface area contributed by atoms with E-state index in [-0.39, 0.29) is 0 Å². The largest absolute Gasteiger partial charge is 0.309 e. The fraction of sp³-hybridized carbons (Fsp3) is 0. The lowest BCUT2D eigenvalue weighted by Crippen LogP contribution is -1.99. The highest BCUT2D eigenvalue weighted by atomic mass is 15.0. The highest BCUT2D eigenvalue weighted by Crippen LogP contribution is 2.41. The number of nitrogens with zero attached hydrogens (tertiary/aromatic N) is 4. The van der Waals surface area contributed by atoms with Crippen LogP contribution >= 0.6 is 0 Å². The minimum atomic E-state index is 0.604. The first kappa shape index (κ1) is 27.4. The Morgan fingerprint density at radius 3 is 1.69 bits per heavy atom. The SMILES string of the molecule is N#Cc1ccc(-n2c3ccccc3c3ccccc32)c(-c2ccccc2-c2cccc(-n3c4ccccc4c4cccc(C#N)c43)c2)c1. The highest BCUT2D eigenvalue weighted by Gasteiger charge is 2.19. The lowest BCUT2D eigenvalue weighted by Gasteiger charge is -2.18. The number of hydrogen-bond acceptors (Lipinski definition) is 2. The van der Waals surface area contributed by atoms with Crippen molar-refractivity contribution in [3.05, 3.63) is 169 Å². The van der Waals surface area contributed by atoms with E-state index < -0.39 is 0 Å². The van der Waals surface area contributed by atoms with Gasteiger partial charge in [-0.2, -0.15) is 10.5 Å². The summed E-state index contributed by atoms with van der Waals surface area (Å²) in [5, 5.41) is 24.7. The topological polar surface area (TPSA) is 57.4 Å². The molecule has 9 rings (SSSR count). The molecule has 0 atom stereocenters. The fourth-order valence-electron chi connectivity index (χ4n) is 7.36. The first-order valence-corrected chi connectivity index (χ1v) is 15.9. The van der Waals surface area contributed by atoms with E-state index in [9.17, 15) is 10.5 Å². The second-order valence-corrected chi connectivity index (χ2v) is 12.0. The normalized spacial score (nSPS) is 11.3. The van der Waals surface area contributed by atoms with Gasteiger partial charge in [-0.05, 0) is 71.3 Å². The van der Waals surface area contributed by atoms with E-state index in [1.165, 1.54) is 10.8 Å². The average molecular weight is 611 g/mol. The Kier molecular flexibility index (Phi) is 6.22. The molecule has 222 valence electrons. The number of benzene rings is 7. The van der Waals surface area contributed by atoms with Crippen molar-refractivity contribution >= 4 is 43.6 Å². The van der Waals surface area contributed by atoms with E-state index in [2.05, 4.69) is 143 Å². The van der Waals surface area contributed by atoms with Crippen molar-refractivity contribution in [2.24, 2.45) is 0 Å². The first-order valence-electron chi connectivity index (χ1n) is 15.9. The molecule has 0 unspecified atom stereocenters. The molecule has 0 aliphatic carbocycles. The molecular weight excluding hydrogens is 585 g/mol. The van der Waals surface area contributed by atoms with Crippen LogP contribution in [-0.4, -0.2) is 9.13 Å². The second kappa shape index (κ2) is 10.9. The summed E-state index contributed by atoms with van der Waals surface area (Å²) in [4.78, 5) is 0. The minimum Gasteiger partial charge on any atom is -0.309 e. The summed E-state index contributed by atoms with van der Waals surface area (Å²) >= 11 is 0. The summed E-state index contributed by atoms with van der Waals surface area (Å²) in [6.07, 6.45) is 0. The Labute approximate surface area is 277 Å². The number of hydrogen-bond donors (Lipinski definition) is 0. The van der Waals surface area contributed by atoms with Gasteiger partial charge in [0.25, 0.3) is 0 Å². The summed E-state index contributed by atoms with van der Waals surface area (Å²) in [7, 11) is 0. The summed E-state index contributed by atoms with van der Waals surface area (Å²) in [5.74, 6) is 0. The number of para-hydroxylation sites is 4. The summed E-state index contributed by atoms with van der Waals surface area (Å²) in [6.45, 7) is 0. The van der Waals surface area contributed by atoms with E-state index in [1.807, 2.05) is 36.4 Å². The van der Waals surface area contributed by atoms with Crippen molar-refractivity contribution in [3.63, 3.8) is 0 Å². The third-order valence-electron chi connectivity index (χ3n) is 9.39. The van der Waals surface area contributed by atoms with Crippen molar-refractivity contribution in [1.29, 1.82) is 10.5 Å². The van der Waals surface area contributed by atoms with Gasteiger partial charge in [0.05, 0.1) is 45.0 Å². The average Bonchev–Trinajstić information content (AvgIpc) is 3.68. The zero-order valence-corrected chi connectivity index (χ0v) is 25.8. The molecule has 9 aromatic rings. The molecular formula is C44H26N4. The van der Waals surface area contributed by atoms with Crippen LogP contribution in [0.25, 0.3) is 77.2 Å². The number of rotatable bonds is 4. The van der Waals surface area contributed by atoms with Gasteiger partial charge in [-0.15, -0.1) is 0 Å². The van der Waals surface area contributed by atoms with Gasteiger partial charge in [0.1, 0.15) is 6.07 Å². The monoisotopic (exact) mass is 610 g/mol. The molecule has 0 radical (unpaired) electrons. The zero-order valence-electron chi connectivity index (χ0n) is 25.8. The third kappa shape index (κ3) is 4.07. The van der Waals surface area contributed by atoms with Crippen molar-refractivity contribution in [2.45, 2.75) is 0 Å². The molecule has 0 aliphatic rings. The van der Waals surface area contributed by atoms with Crippen LogP contribution in [0.3, 0.4) is 0 Å². The molecule has 0 bridgehead atoms. The number of nitriles is 2. The molecule has 4 nitrogen and oxygen atoms in total. The lowest BCUT2D eigenvalue weighted by molar-refractivity contribution is 1.17. The molecule has 0 saturated carbocycles. The van der Waals surface area contributed by atoms with Gasteiger partial charge >= 0.3 is 0 Å². The van der Waals surface area contributed by atoms with Gasteiger partial charge in [-0.1, -0.05) is 103 Å². The molecule has 2 aromatic heterocycles. The lowest BCUT2D eigenvalue weighted by atomic mass is 9.92. The van der Waals surface area contributed by atoms with E-state index in [1.54, 1.807) is 0 Å². The molecule has 0 fully saturated rings. The van der Waals surface area contributed by atoms with E-state index >= 15 is 0 Å². The maximum atomic E-state index is 10.1. The molecule has 0 amide bonds. The van der Waals surface area contributed by atoms with E-state index in [4.69, 9.17) is 0 Å². The van der Waals surface area contributed by atoms with E-state index in [0.29, 0.717) is 11.1 Å². The molecule has 0 aliphatic heterocycles. The molecule has 48 heavy (non-hydrogen) atoms. The van der Waals surface area contributed by atoms with Crippen LogP contribution in [0.1, 0.15) is 11.1 Å². The zero-order chi connectivity index (χ0) is 32.2. The maximum absolute atomic E-state index is 10.1. The minimum absolute atomic E-state index is 0.604. The van der Waals surface area contributed by atoms with Gasteiger partial charge in [0, 0.05) is 32.8 Å². The van der Waals surface area contributed by atoms with Gasteiger partial charge in [0.2, 0.25) is 0 Å². The molecule has 0 spiro atoms. The Morgan fingerprint density at radius 2 is 1.00 bits per heavy atom. The van der Waals surface area contributed by atoms with Crippen LogP contribution in [0.4, 0.5) is 0 Å². The van der Waals surface area contributed by atoms with Crippen LogP contribution < -0.4 is 0 Å². The summed E-state index contributed by atoms with van der Waals surface area (Å²) < 4.78 is 4.52.